The van der Waals surface area contributed by atoms with Gasteiger partial charge in [-0.2, -0.15) is 0 Å². The fourth-order valence-corrected chi connectivity index (χ4v) is 2.66. The molecular formula is C17H23N3O2. The molecule has 1 aromatic carbocycles. The number of aromatic nitrogens is 2. The van der Waals surface area contributed by atoms with Crippen molar-refractivity contribution in [3.05, 3.63) is 30.1 Å². The third-order valence-electron chi connectivity index (χ3n) is 3.92. The lowest BCUT2D eigenvalue weighted by Gasteiger charge is -2.09. The largest absolute Gasteiger partial charge is 0.382 e. The second-order valence-electron chi connectivity index (χ2n) is 5.72. The number of carbonyl (C=O) groups excluding carboxylic acids is 1. The quantitative estimate of drug-likeness (QED) is 0.762. The molecule has 5 heteroatoms. The summed E-state index contributed by atoms with van der Waals surface area (Å²) in [6.45, 7) is 4.39. The van der Waals surface area contributed by atoms with Crippen molar-refractivity contribution in [2.75, 3.05) is 19.8 Å². The van der Waals surface area contributed by atoms with E-state index in [1.54, 1.807) is 0 Å². The Kier molecular flexibility index (Phi) is 4.73. The van der Waals surface area contributed by atoms with E-state index >= 15 is 0 Å². The number of rotatable bonds is 8. The highest BCUT2D eigenvalue weighted by Crippen LogP contribution is 2.40. The number of imidazole rings is 1. The number of hydrogen-bond donors (Lipinski definition) is 1. The maximum Gasteiger partial charge on any atom is 0.240 e. The number of nitrogens with zero attached hydrogens (tertiary/aromatic N) is 2. The zero-order valence-corrected chi connectivity index (χ0v) is 13.0. The molecule has 0 bridgehead atoms. The molecule has 22 heavy (non-hydrogen) atoms. The van der Waals surface area contributed by atoms with Crippen LogP contribution in [-0.4, -0.2) is 35.2 Å². The summed E-state index contributed by atoms with van der Waals surface area (Å²) < 4.78 is 7.35. The predicted molar refractivity (Wildman–Crippen MR) is 85.8 cm³/mol. The van der Waals surface area contributed by atoms with Crippen molar-refractivity contribution >= 4 is 16.9 Å². The van der Waals surface area contributed by atoms with Crippen molar-refractivity contribution < 1.29 is 9.53 Å². The summed E-state index contributed by atoms with van der Waals surface area (Å²) in [7, 11) is 0. The van der Waals surface area contributed by atoms with Crippen LogP contribution in [0.5, 0.6) is 0 Å². The summed E-state index contributed by atoms with van der Waals surface area (Å²) in [5.74, 6) is 1.63. The molecule has 1 N–H and O–H groups in total. The van der Waals surface area contributed by atoms with Crippen LogP contribution in [0.3, 0.4) is 0 Å². The fourth-order valence-electron chi connectivity index (χ4n) is 2.66. The maximum absolute atomic E-state index is 12.2. The minimum absolute atomic E-state index is 0.0431. The first-order chi connectivity index (χ1) is 10.8. The van der Waals surface area contributed by atoms with Crippen molar-refractivity contribution in [2.24, 2.45) is 0 Å². The van der Waals surface area contributed by atoms with Crippen LogP contribution >= 0.6 is 0 Å². The van der Waals surface area contributed by atoms with Crippen LogP contribution in [0.1, 0.15) is 37.9 Å². The lowest BCUT2D eigenvalue weighted by Crippen LogP contribution is -2.29. The van der Waals surface area contributed by atoms with Crippen molar-refractivity contribution in [3.8, 4) is 0 Å². The molecule has 0 radical (unpaired) electrons. The monoisotopic (exact) mass is 301 g/mol. The smallest absolute Gasteiger partial charge is 0.240 e. The fraction of sp³-hybridized carbons (Fsp3) is 0.529. The molecule has 1 aromatic heterocycles. The van der Waals surface area contributed by atoms with Crippen LogP contribution in [0.25, 0.3) is 11.0 Å². The van der Waals surface area contributed by atoms with Gasteiger partial charge in [0.15, 0.2) is 0 Å². The van der Waals surface area contributed by atoms with E-state index in [4.69, 9.17) is 9.72 Å². The van der Waals surface area contributed by atoms with Gasteiger partial charge in [0, 0.05) is 25.7 Å². The Morgan fingerprint density at radius 2 is 2.23 bits per heavy atom. The molecule has 0 atom stereocenters. The normalized spacial score (nSPS) is 14.4. The van der Waals surface area contributed by atoms with Crippen LogP contribution in [0.15, 0.2) is 24.3 Å². The number of hydrogen-bond acceptors (Lipinski definition) is 3. The van der Waals surface area contributed by atoms with Gasteiger partial charge in [0.2, 0.25) is 5.91 Å². The summed E-state index contributed by atoms with van der Waals surface area (Å²) in [5.41, 5.74) is 2.03. The lowest BCUT2D eigenvalue weighted by atomic mass is 10.3. The molecule has 1 aliphatic carbocycles. The summed E-state index contributed by atoms with van der Waals surface area (Å²) in [5, 5.41) is 2.96. The van der Waals surface area contributed by atoms with Crippen LogP contribution in [0.4, 0.5) is 0 Å². The summed E-state index contributed by atoms with van der Waals surface area (Å²) in [6, 6.07) is 8.04. The minimum Gasteiger partial charge on any atom is -0.382 e. The average molecular weight is 301 g/mol. The van der Waals surface area contributed by atoms with Gasteiger partial charge in [-0.1, -0.05) is 12.1 Å². The highest BCUT2D eigenvalue weighted by Gasteiger charge is 2.29. The second-order valence-corrected chi connectivity index (χ2v) is 5.72. The highest BCUT2D eigenvalue weighted by molar-refractivity contribution is 5.81. The molecule has 0 saturated heterocycles. The molecule has 5 nitrogen and oxygen atoms in total. The van der Waals surface area contributed by atoms with E-state index < -0.39 is 0 Å². The van der Waals surface area contributed by atoms with Crippen molar-refractivity contribution in [2.45, 2.75) is 38.6 Å². The third-order valence-corrected chi connectivity index (χ3v) is 3.92. The Morgan fingerprint density at radius 3 is 3.00 bits per heavy atom. The van der Waals surface area contributed by atoms with Crippen molar-refractivity contribution in [1.29, 1.82) is 0 Å². The Bertz CT molecular complexity index is 646. The second kappa shape index (κ2) is 6.92. The van der Waals surface area contributed by atoms with Gasteiger partial charge in [-0.25, -0.2) is 4.98 Å². The van der Waals surface area contributed by atoms with E-state index in [1.807, 2.05) is 31.2 Å². The number of nitrogens with one attached hydrogen (secondary N) is 1. The summed E-state index contributed by atoms with van der Waals surface area (Å²) in [6.07, 6.45) is 3.21. The number of para-hydroxylation sites is 2. The zero-order valence-electron chi connectivity index (χ0n) is 13.0. The van der Waals surface area contributed by atoms with E-state index in [-0.39, 0.29) is 5.91 Å². The highest BCUT2D eigenvalue weighted by atomic mass is 16.5. The lowest BCUT2D eigenvalue weighted by molar-refractivity contribution is -0.121. The van der Waals surface area contributed by atoms with Crippen molar-refractivity contribution in [1.82, 2.24) is 14.9 Å². The molecule has 1 fully saturated rings. The molecule has 3 rings (SSSR count). The molecule has 1 heterocycles. The topological polar surface area (TPSA) is 56.1 Å². The van der Waals surface area contributed by atoms with Gasteiger partial charge < -0.3 is 14.6 Å². The summed E-state index contributed by atoms with van der Waals surface area (Å²) >= 11 is 0. The van der Waals surface area contributed by atoms with E-state index in [2.05, 4.69) is 9.88 Å². The van der Waals surface area contributed by atoms with Gasteiger partial charge in [-0.15, -0.1) is 0 Å². The molecule has 0 unspecified atom stereocenters. The van der Waals surface area contributed by atoms with Gasteiger partial charge in [-0.3, -0.25) is 4.79 Å². The summed E-state index contributed by atoms with van der Waals surface area (Å²) in [4.78, 5) is 16.9. The van der Waals surface area contributed by atoms with Crippen LogP contribution in [-0.2, 0) is 16.1 Å². The number of ether oxygens (including phenoxy) is 1. The number of carbonyl (C=O) groups is 1. The molecule has 1 saturated carbocycles. The van der Waals surface area contributed by atoms with Crippen LogP contribution < -0.4 is 5.32 Å². The average Bonchev–Trinajstić information content (AvgIpc) is 3.31. The van der Waals surface area contributed by atoms with Gasteiger partial charge in [-0.05, 0) is 38.3 Å². The van der Waals surface area contributed by atoms with Crippen molar-refractivity contribution in [3.63, 3.8) is 0 Å². The molecule has 0 spiro atoms. The molecule has 118 valence electrons. The Morgan fingerprint density at radius 1 is 1.41 bits per heavy atom. The first-order valence-corrected chi connectivity index (χ1v) is 8.09. The maximum atomic E-state index is 12.2. The Balaban J connectivity index is 1.65. The molecule has 0 aliphatic heterocycles. The van der Waals surface area contributed by atoms with E-state index in [0.29, 0.717) is 25.6 Å². The van der Waals surface area contributed by atoms with E-state index in [0.717, 1.165) is 29.9 Å². The minimum atomic E-state index is 0.0431. The van der Waals surface area contributed by atoms with Gasteiger partial charge in [0.25, 0.3) is 0 Å². The van der Waals surface area contributed by atoms with Gasteiger partial charge in [0.05, 0.1) is 11.0 Å². The van der Waals surface area contributed by atoms with E-state index in [9.17, 15) is 4.79 Å². The first-order valence-electron chi connectivity index (χ1n) is 8.09. The van der Waals surface area contributed by atoms with Crippen LogP contribution in [0, 0.1) is 0 Å². The standard InChI is InChI=1S/C17H23N3O2/c1-2-22-11-5-10-18-16(21)12-20-15-7-4-3-6-14(15)19-17(20)13-8-9-13/h3-4,6-7,13H,2,5,8-12H2,1H3,(H,18,21). The Hall–Kier alpha value is -1.88. The molecule has 1 aliphatic rings. The SMILES string of the molecule is CCOCCCNC(=O)Cn1c(C2CC2)nc2ccccc21. The number of amides is 1. The first kappa shape index (κ1) is 15.0. The van der Waals surface area contributed by atoms with Gasteiger partial charge in [0.1, 0.15) is 12.4 Å². The molecule has 2 aromatic rings. The third kappa shape index (κ3) is 3.47. The number of benzene rings is 1. The van der Waals surface area contributed by atoms with Gasteiger partial charge >= 0.3 is 0 Å². The zero-order chi connectivity index (χ0) is 15.4. The van der Waals surface area contributed by atoms with Crippen LogP contribution in [0.2, 0.25) is 0 Å². The predicted octanol–water partition coefficient (Wildman–Crippen LogP) is 2.46. The van der Waals surface area contributed by atoms with E-state index in [1.165, 1.54) is 12.8 Å². The molecule has 1 amide bonds. The molecular weight excluding hydrogens is 278 g/mol. The number of fused-ring (bicyclic) bond motifs is 1. The Labute approximate surface area is 130 Å².